The molecule has 1 aromatic carbocycles. The molecular weight excluding hydrogens is 488 g/mol. The summed E-state index contributed by atoms with van der Waals surface area (Å²) in [5.74, 6) is -3.28. The van der Waals surface area contributed by atoms with Gasteiger partial charge in [-0.25, -0.2) is 4.79 Å². The first-order valence-corrected chi connectivity index (χ1v) is 11.1. The van der Waals surface area contributed by atoms with Gasteiger partial charge < -0.3 is 65.3 Å². The molecule has 3 aliphatic heterocycles. The van der Waals surface area contributed by atoms with Crippen LogP contribution in [0.2, 0.25) is 0 Å². The summed E-state index contributed by atoms with van der Waals surface area (Å²) in [6, 6.07) is 0. The molecule has 2 saturated heterocycles. The van der Waals surface area contributed by atoms with Gasteiger partial charge in [0, 0.05) is 6.08 Å². The molecule has 14 nitrogen and oxygen atoms in total. The van der Waals surface area contributed by atoms with Crippen molar-refractivity contribution < 1.29 is 70.1 Å². The van der Waals surface area contributed by atoms with Crippen LogP contribution < -0.4 is 4.74 Å². The second kappa shape index (κ2) is 9.74. The van der Waals surface area contributed by atoms with Crippen molar-refractivity contribution >= 4 is 11.5 Å². The van der Waals surface area contributed by atoms with E-state index in [-0.39, 0.29) is 16.9 Å². The van der Waals surface area contributed by atoms with E-state index in [1.54, 1.807) is 0 Å². The van der Waals surface area contributed by atoms with Crippen molar-refractivity contribution in [3.05, 3.63) is 22.8 Å². The molecule has 1 aromatic rings. The number of aromatic hydroxyl groups is 2. The van der Waals surface area contributed by atoms with E-state index in [2.05, 4.69) is 0 Å². The summed E-state index contributed by atoms with van der Waals surface area (Å²) in [5, 5.41) is 103. The average Bonchev–Trinajstić information content (AvgIpc) is 3.20. The Bertz CT molecular complexity index is 1050. The van der Waals surface area contributed by atoms with Crippen molar-refractivity contribution in [3.8, 4) is 17.2 Å². The van der Waals surface area contributed by atoms with Gasteiger partial charge in [0.05, 0.1) is 29.9 Å². The SMILES string of the molecule is CC(=CC(=O)O)c1c(O)c([C@H]2O[C@@H](CO)[C@H](O)[C@@H](O)[C@@H]2O)c2c(c1O)[C@H]1O[C@@H](CO)[C@H](O)[C@@H](O)[C@H]1O2. The van der Waals surface area contributed by atoms with Crippen molar-refractivity contribution in [2.45, 2.75) is 68.0 Å². The standard InChI is InChI=1S/C22H28O14/c1-5(2-8(25)26)9-14(29)10(20-18(33)16(31)12(27)6(3-23)34-20)19-11(15(9)30)21-22(36-19)17(32)13(28)7(4-24)35-21/h2,6-7,12-13,16-18,20-24,27-33H,3-4H2,1H3,(H,25,26)/t6-,7-,12-,13-,16+,17+,18-,20+,21+,22+/m0/s1. The summed E-state index contributed by atoms with van der Waals surface area (Å²) in [7, 11) is 0. The molecule has 3 aliphatic rings. The normalized spacial score (nSPS) is 38.3. The third-order valence-corrected chi connectivity index (χ3v) is 6.79. The lowest BCUT2D eigenvalue weighted by Gasteiger charge is -2.40. The lowest BCUT2D eigenvalue weighted by molar-refractivity contribution is -0.232. The Morgan fingerprint density at radius 1 is 0.806 bits per heavy atom. The highest BCUT2D eigenvalue weighted by Gasteiger charge is 2.55. The fraction of sp³-hybridized carbons (Fsp3) is 0.591. The number of rotatable bonds is 5. The largest absolute Gasteiger partial charge is 0.507 e. The molecule has 0 aromatic heterocycles. The number of phenolic OH excluding ortho intramolecular Hbond substituents is 2. The number of benzene rings is 1. The van der Waals surface area contributed by atoms with Crippen molar-refractivity contribution in [3.63, 3.8) is 0 Å². The van der Waals surface area contributed by atoms with Crippen LogP contribution in [0.4, 0.5) is 0 Å². The number of allylic oxidation sites excluding steroid dienone is 1. The van der Waals surface area contributed by atoms with E-state index in [1.165, 1.54) is 6.92 Å². The summed E-state index contributed by atoms with van der Waals surface area (Å²) in [6.45, 7) is -0.234. The number of carbonyl (C=O) groups is 1. The molecule has 0 spiro atoms. The quantitative estimate of drug-likeness (QED) is 0.175. The monoisotopic (exact) mass is 516 g/mol. The first kappa shape index (κ1) is 26.5. The Hall–Kier alpha value is -2.53. The van der Waals surface area contributed by atoms with Crippen molar-refractivity contribution in [2.24, 2.45) is 0 Å². The zero-order chi connectivity index (χ0) is 26.6. The van der Waals surface area contributed by atoms with Crippen molar-refractivity contribution in [2.75, 3.05) is 13.2 Å². The lowest BCUT2D eigenvalue weighted by atomic mass is 9.85. The second-order valence-corrected chi connectivity index (χ2v) is 8.99. The van der Waals surface area contributed by atoms with Gasteiger partial charge in [-0.15, -0.1) is 0 Å². The van der Waals surface area contributed by atoms with Crippen LogP contribution in [0, 0.1) is 0 Å². The number of hydrogen-bond donors (Lipinski definition) is 10. The van der Waals surface area contributed by atoms with Crippen molar-refractivity contribution in [1.29, 1.82) is 0 Å². The maximum Gasteiger partial charge on any atom is 0.328 e. The Labute approximate surface area is 203 Å². The summed E-state index contributed by atoms with van der Waals surface area (Å²) in [4.78, 5) is 11.3. The lowest BCUT2D eigenvalue weighted by Crippen LogP contribution is -2.55. The van der Waals surface area contributed by atoms with Crippen LogP contribution in [-0.2, 0) is 14.3 Å². The minimum absolute atomic E-state index is 0.148. The molecule has 0 saturated carbocycles. The minimum atomic E-state index is -1.90. The molecule has 3 heterocycles. The van der Waals surface area contributed by atoms with Crippen LogP contribution in [-0.4, -0.2) is 119 Å². The minimum Gasteiger partial charge on any atom is -0.507 e. The Morgan fingerprint density at radius 2 is 1.31 bits per heavy atom. The third-order valence-electron chi connectivity index (χ3n) is 6.79. The Morgan fingerprint density at radius 3 is 1.83 bits per heavy atom. The van der Waals surface area contributed by atoms with E-state index in [1.807, 2.05) is 0 Å². The Kier molecular flexibility index (Phi) is 7.18. The summed E-state index contributed by atoms with van der Waals surface area (Å²) in [6.07, 6.45) is -15.1. The van der Waals surface area contributed by atoms with E-state index in [9.17, 15) is 55.9 Å². The molecule has 10 atom stereocenters. The highest BCUT2D eigenvalue weighted by atomic mass is 16.6. The number of aliphatic hydroxyl groups excluding tert-OH is 7. The fourth-order valence-electron chi connectivity index (χ4n) is 4.96. The van der Waals surface area contributed by atoms with E-state index < -0.39 is 103 Å². The van der Waals surface area contributed by atoms with Gasteiger partial charge >= 0.3 is 5.97 Å². The summed E-state index contributed by atoms with van der Waals surface area (Å²) in [5.41, 5.74) is -1.17. The van der Waals surface area contributed by atoms with E-state index in [0.717, 1.165) is 0 Å². The number of aliphatic hydroxyl groups is 7. The molecule has 0 amide bonds. The van der Waals surface area contributed by atoms with Crippen LogP contribution >= 0.6 is 0 Å². The Balaban J connectivity index is 1.96. The predicted molar refractivity (Wildman–Crippen MR) is 115 cm³/mol. The number of fused-ring (bicyclic) bond motifs is 3. The molecule has 200 valence electrons. The zero-order valence-electron chi connectivity index (χ0n) is 18.9. The predicted octanol–water partition coefficient (Wildman–Crippen LogP) is -2.98. The zero-order valence-corrected chi connectivity index (χ0v) is 18.9. The number of carboxylic acid groups (broad SMARTS) is 1. The molecule has 14 heteroatoms. The molecular formula is C22H28O14. The van der Waals surface area contributed by atoms with E-state index in [4.69, 9.17) is 14.2 Å². The highest BCUT2D eigenvalue weighted by Crippen LogP contribution is 2.58. The molecule has 0 aliphatic carbocycles. The average molecular weight is 516 g/mol. The molecule has 0 bridgehead atoms. The third kappa shape index (κ3) is 4.00. The fourth-order valence-corrected chi connectivity index (χ4v) is 4.96. The molecule has 0 radical (unpaired) electrons. The maximum absolute atomic E-state index is 11.3. The molecule has 0 unspecified atom stereocenters. The number of hydrogen-bond acceptors (Lipinski definition) is 13. The topological polar surface area (TPSA) is 247 Å². The van der Waals surface area contributed by atoms with E-state index >= 15 is 0 Å². The van der Waals surface area contributed by atoms with Crippen LogP contribution in [0.1, 0.15) is 35.8 Å². The number of ether oxygens (including phenoxy) is 3. The summed E-state index contributed by atoms with van der Waals surface area (Å²) < 4.78 is 17.0. The first-order valence-electron chi connectivity index (χ1n) is 11.1. The van der Waals surface area contributed by atoms with Crippen LogP contribution in [0.3, 0.4) is 0 Å². The van der Waals surface area contributed by atoms with Gasteiger partial charge in [0.2, 0.25) is 0 Å². The number of carboxylic acids is 1. The van der Waals surface area contributed by atoms with Crippen molar-refractivity contribution in [1.82, 2.24) is 0 Å². The summed E-state index contributed by atoms with van der Waals surface area (Å²) >= 11 is 0. The second-order valence-electron chi connectivity index (χ2n) is 8.99. The van der Waals surface area contributed by atoms with Crippen LogP contribution in [0.15, 0.2) is 6.08 Å². The smallest absolute Gasteiger partial charge is 0.328 e. The van der Waals surface area contributed by atoms with Gasteiger partial charge in [-0.1, -0.05) is 0 Å². The number of phenols is 2. The number of aliphatic carboxylic acids is 1. The molecule has 10 N–H and O–H groups in total. The van der Waals surface area contributed by atoms with Gasteiger partial charge in [-0.05, 0) is 12.5 Å². The maximum atomic E-state index is 11.3. The molecule has 4 rings (SSSR count). The van der Waals surface area contributed by atoms with Crippen LogP contribution in [0.5, 0.6) is 17.2 Å². The highest BCUT2D eigenvalue weighted by molar-refractivity contribution is 5.92. The van der Waals surface area contributed by atoms with Gasteiger partial charge in [0.15, 0.2) is 6.10 Å². The van der Waals surface area contributed by atoms with Crippen LogP contribution in [0.25, 0.3) is 5.57 Å². The van der Waals surface area contributed by atoms with Gasteiger partial charge in [-0.2, -0.15) is 0 Å². The van der Waals surface area contributed by atoms with Gasteiger partial charge in [0.25, 0.3) is 0 Å². The van der Waals surface area contributed by atoms with E-state index in [0.29, 0.717) is 6.08 Å². The van der Waals surface area contributed by atoms with Gasteiger partial charge in [0.1, 0.15) is 72.2 Å². The first-order chi connectivity index (χ1) is 16.9. The molecule has 36 heavy (non-hydrogen) atoms. The van der Waals surface area contributed by atoms with Gasteiger partial charge in [-0.3, -0.25) is 0 Å². The molecule has 2 fully saturated rings.